The molecule has 2 rings (SSSR count). The Bertz CT molecular complexity index is 261. The number of hydrogen-bond acceptors (Lipinski definition) is 3. The molecule has 0 saturated carbocycles. The molecule has 2 heterocycles. The quantitative estimate of drug-likeness (QED) is 0.658. The lowest BCUT2D eigenvalue weighted by atomic mass is 9.75. The van der Waals surface area contributed by atoms with E-state index in [-0.39, 0.29) is 11.7 Å². The van der Waals surface area contributed by atoms with Gasteiger partial charge in [0, 0.05) is 12.8 Å². The topological polar surface area (TPSA) is 46.5 Å². The summed E-state index contributed by atoms with van der Waals surface area (Å²) in [5.41, 5.74) is -1.30. The molecule has 2 bridgehead atoms. The van der Waals surface area contributed by atoms with E-state index in [0.717, 1.165) is 0 Å². The minimum absolute atomic E-state index is 0.152. The smallest absolute Gasteiger partial charge is 0.167 e. The summed E-state index contributed by atoms with van der Waals surface area (Å²) < 4.78 is 5.73. The lowest BCUT2D eigenvalue weighted by Gasteiger charge is -2.27. The monoisotopic (exact) mass is 184 g/mol. The number of hydrogen-bond donors (Lipinski definition) is 1. The third-order valence-electron chi connectivity index (χ3n) is 3.53. The van der Waals surface area contributed by atoms with Crippen molar-refractivity contribution < 1.29 is 14.6 Å². The highest BCUT2D eigenvalue weighted by Gasteiger charge is 2.65. The molecule has 0 amide bonds. The molecule has 3 nitrogen and oxygen atoms in total. The van der Waals surface area contributed by atoms with Crippen molar-refractivity contribution in [2.45, 2.75) is 50.9 Å². The van der Waals surface area contributed by atoms with Gasteiger partial charge in [0.15, 0.2) is 5.78 Å². The third kappa shape index (κ3) is 0.945. The Morgan fingerprint density at radius 2 is 2.23 bits per heavy atom. The number of carbonyl (C=O) groups excluding carboxylic acids is 1. The largest absolute Gasteiger partial charge is 0.390 e. The van der Waals surface area contributed by atoms with Gasteiger partial charge in [0.05, 0.1) is 11.7 Å². The Hall–Kier alpha value is -0.410. The summed E-state index contributed by atoms with van der Waals surface area (Å²) in [5.74, 6) is 0.314. The second-order valence-corrected chi connectivity index (χ2v) is 4.78. The van der Waals surface area contributed by atoms with Crippen LogP contribution >= 0.6 is 0 Å². The number of rotatable bonds is 1. The van der Waals surface area contributed by atoms with Crippen LogP contribution in [0.3, 0.4) is 0 Å². The Labute approximate surface area is 78.1 Å². The van der Waals surface area contributed by atoms with Crippen LogP contribution in [-0.2, 0) is 9.53 Å². The summed E-state index contributed by atoms with van der Waals surface area (Å²) in [6, 6.07) is 0. The summed E-state index contributed by atoms with van der Waals surface area (Å²) in [5, 5.41) is 9.73. The van der Waals surface area contributed by atoms with Crippen molar-refractivity contribution in [2.75, 3.05) is 0 Å². The number of aliphatic hydroxyl groups excluding tert-OH is 1. The second-order valence-electron chi connectivity index (χ2n) is 4.78. The maximum atomic E-state index is 11.7. The Balaban J connectivity index is 2.38. The van der Waals surface area contributed by atoms with Crippen molar-refractivity contribution in [1.82, 2.24) is 0 Å². The van der Waals surface area contributed by atoms with Crippen molar-refractivity contribution >= 4 is 5.78 Å². The average Bonchev–Trinajstić information content (AvgIpc) is 2.37. The molecule has 0 aliphatic carbocycles. The molecule has 0 aromatic carbocycles. The lowest BCUT2D eigenvalue weighted by molar-refractivity contribution is -0.136. The van der Waals surface area contributed by atoms with Gasteiger partial charge in [-0.05, 0) is 12.8 Å². The van der Waals surface area contributed by atoms with Crippen molar-refractivity contribution in [3.05, 3.63) is 0 Å². The first-order valence-corrected chi connectivity index (χ1v) is 4.82. The fourth-order valence-electron chi connectivity index (χ4n) is 2.50. The summed E-state index contributed by atoms with van der Waals surface area (Å²) in [7, 11) is 0. The molecule has 2 aliphatic rings. The number of aliphatic hydroxyl groups is 1. The van der Waals surface area contributed by atoms with Gasteiger partial charge in [-0.1, -0.05) is 13.8 Å². The fraction of sp³-hybridized carbons (Fsp3) is 0.900. The third-order valence-corrected chi connectivity index (χ3v) is 3.53. The van der Waals surface area contributed by atoms with Crippen LogP contribution in [0.25, 0.3) is 0 Å². The van der Waals surface area contributed by atoms with E-state index in [4.69, 9.17) is 4.74 Å². The van der Waals surface area contributed by atoms with Gasteiger partial charge >= 0.3 is 0 Å². The van der Waals surface area contributed by atoms with E-state index in [1.54, 1.807) is 0 Å². The van der Waals surface area contributed by atoms with Crippen molar-refractivity contribution in [1.29, 1.82) is 0 Å². The number of Topliss-reactive ketones (excluding diaryl/α,β-unsaturated/α-hetero) is 1. The van der Waals surface area contributed by atoms with E-state index in [9.17, 15) is 9.90 Å². The fourth-order valence-corrected chi connectivity index (χ4v) is 2.50. The van der Waals surface area contributed by atoms with Gasteiger partial charge < -0.3 is 9.84 Å². The highest BCUT2D eigenvalue weighted by atomic mass is 16.6. The molecule has 3 atom stereocenters. The summed E-state index contributed by atoms with van der Waals surface area (Å²) in [6.07, 6.45) is 0.361. The average molecular weight is 184 g/mol. The van der Waals surface area contributed by atoms with E-state index in [0.29, 0.717) is 12.8 Å². The molecule has 0 aromatic heterocycles. The van der Waals surface area contributed by atoms with Crippen LogP contribution in [0.4, 0.5) is 0 Å². The van der Waals surface area contributed by atoms with Crippen LogP contribution in [0.15, 0.2) is 0 Å². The summed E-state index contributed by atoms with van der Waals surface area (Å²) in [6.45, 7) is 5.77. The van der Waals surface area contributed by atoms with Crippen LogP contribution in [0, 0.1) is 5.92 Å². The van der Waals surface area contributed by atoms with Crippen molar-refractivity contribution in [3.63, 3.8) is 0 Å². The van der Waals surface area contributed by atoms with Crippen LogP contribution in [0.5, 0.6) is 0 Å². The zero-order valence-electron chi connectivity index (χ0n) is 8.33. The zero-order chi connectivity index (χ0) is 9.85. The van der Waals surface area contributed by atoms with Gasteiger partial charge in [-0.25, -0.2) is 0 Å². The van der Waals surface area contributed by atoms with Gasteiger partial charge in [0.1, 0.15) is 5.60 Å². The van der Waals surface area contributed by atoms with E-state index in [2.05, 4.69) is 0 Å². The molecular formula is C10H16O3. The maximum absolute atomic E-state index is 11.7. The molecular weight excluding hydrogens is 168 g/mol. The summed E-state index contributed by atoms with van der Waals surface area (Å²) in [4.78, 5) is 11.7. The molecule has 0 unspecified atom stereocenters. The molecule has 2 aliphatic heterocycles. The van der Waals surface area contributed by atoms with Gasteiger partial charge in [-0.2, -0.15) is 0 Å². The number of carbonyl (C=O) groups is 1. The van der Waals surface area contributed by atoms with Gasteiger partial charge in [-0.3, -0.25) is 4.79 Å². The highest BCUT2D eigenvalue weighted by Crippen LogP contribution is 2.51. The lowest BCUT2D eigenvalue weighted by Crippen LogP contribution is -2.43. The predicted molar refractivity (Wildman–Crippen MR) is 47.3 cm³/mol. The molecule has 3 heteroatoms. The van der Waals surface area contributed by atoms with Gasteiger partial charge in [0.25, 0.3) is 0 Å². The second kappa shape index (κ2) is 2.34. The maximum Gasteiger partial charge on any atom is 0.167 e. The van der Waals surface area contributed by atoms with Crippen molar-refractivity contribution in [3.8, 4) is 0 Å². The number of ketones is 1. The molecule has 13 heavy (non-hydrogen) atoms. The summed E-state index contributed by atoms with van der Waals surface area (Å²) >= 11 is 0. The standard InChI is InChI=1S/C10H16O3/c1-6(2)10-5-7(11)9(3,13-10)4-8(10)12/h6-7,11H,4-5H2,1-3H3/t7-,9+,10-/m1/s1. The van der Waals surface area contributed by atoms with E-state index in [1.165, 1.54) is 0 Å². The first kappa shape index (κ1) is 9.16. The zero-order valence-corrected chi connectivity index (χ0v) is 8.33. The highest BCUT2D eigenvalue weighted by molar-refractivity contribution is 5.92. The number of fused-ring (bicyclic) bond motifs is 2. The van der Waals surface area contributed by atoms with Gasteiger partial charge in [-0.15, -0.1) is 0 Å². The van der Waals surface area contributed by atoms with Crippen LogP contribution in [-0.4, -0.2) is 28.2 Å². The Kier molecular flexibility index (Phi) is 1.65. The Morgan fingerprint density at radius 3 is 2.54 bits per heavy atom. The molecule has 0 radical (unpaired) electrons. The Morgan fingerprint density at radius 1 is 1.62 bits per heavy atom. The van der Waals surface area contributed by atoms with Crippen LogP contribution in [0.2, 0.25) is 0 Å². The normalized spacial score (nSPS) is 49.3. The van der Waals surface area contributed by atoms with E-state index >= 15 is 0 Å². The first-order valence-electron chi connectivity index (χ1n) is 4.82. The minimum Gasteiger partial charge on any atom is -0.390 e. The predicted octanol–water partition coefficient (Wildman–Crippen LogP) is 0.894. The molecule has 74 valence electrons. The molecule has 2 saturated heterocycles. The first-order chi connectivity index (χ1) is 5.91. The van der Waals surface area contributed by atoms with Crippen LogP contribution in [0.1, 0.15) is 33.6 Å². The molecule has 0 spiro atoms. The molecule has 2 fully saturated rings. The van der Waals surface area contributed by atoms with Crippen molar-refractivity contribution in [2.24, 2.45) is 5.92 Å². The minimum atomic E-state index is -0.686. The SMILES string of the molecule is CC(C)[C@]12C[C@@H](O)[C@](C)(CC1=O)O2. The molecule has 0 aromatic rings. The number of ether oxygens (including phenoxy) is 1. The molecule has 1 N–H and O–H groups in total. The van der Waals surface area contributed by atoms with E-state index in [1.807, 2.05) is 20.8 Å². The van der Waals surface area contributed by atoms with E-state index < -0.39 is 17.3 Å². The van der Waals surface area contributed by atoms with Gasteiger partial charge in [0.2, 0.25) is 0 Å². The van der Waals surface area contributed by atoms with Crippen LogP contribution < -0.4 is 0 Å².